The average Bonchev–Trinajstić information content (AvgIpc) is 2.38. The van der Waals surface area contributed by atoms with Crippen molar-refractivity contribution in [1.29, 1.82) is 0 Å². The highest BCUT2D eigenvalue weighted by molar-refractivity contribution is 5.78. The van der Waals surface area contributed by atoms with Gasteiger partial charge in [-0.2, -0.15) is 0 Å². The molecule has 0 aliphatic heterocycles. The Labute approximate surface area is 109 Å². The molecular weight excluding hydrogens is 226 g/mol. The number of benzene rings is 1. The highest BCUT2D eigenvalue weighted by Crippen LogP contribution is 2.09. The van der Waals surface area contributed by atoms with Crippen molar-refractivity contribution in [3.05, 3.63) is 35.4 Å². The van der Waals surface area contributed by atoms with E-state index >= 15 is 0 Å². The van der Waals surface area contributed by atoms with Gasteiger partial charge >= 0.3 is 0 Å². The van der Waals surface area contributed by atoms with Crippen LogP contribution in [0.5, 0.6) is 0 Å². The van der Waals surface area contributed by atoms with Crippen LogP contribution in [0.15, 0.2) is 24.3 Å². The molecule has 18 heavy (non-hydrogen) atoms. The topological polar surface area (TPSA) is 63.3 Å². The maximum absolute atomic E-state index is 11.4. The fraction of sp³-hybridized carbons (Fsp3) is 0.533. The fourth-order valence-electron chi connectivity index (χ4n) is 1.90. The molecule has 1 aromatic rings. The summed E-state index contributed by atoms with van der Waals surface area (Å²) < 4.78 is 0. The molecule has 1 atom stereocenters. The Kier molecular flexibility index (Phi) is 6.61. The van der Waals surface area contributed by atoms with E-state index in [1.807, 2.05) is 31.2 Å². The lowest BCUT2D eigenvalue weighted by atomic mass is 10.0. The minimum absolute atomic E-state index is 0.00721. The lowest BCUT2D eigenvalue weighted by Crippen LogP contribution is -2.26. The molecule has 0 saturated heterocycles. The molecule has 0 bridgehead atoms. The molecule has 0 aliphatic rings. The second-order valence-electron chi connectivity index (χ2n) is 4.75. The van der Waals surface area contributed by atoms with Crippen molar-refractivity contribution in [1.82, 2.24) is 0 Å². The summed E-state index contributed by atoms with van der Waals surface area (Å²) in [7, 11) is 0. The van der Waals surface area contributed by atoms with Crippen molar-refractivity contribution in [2.24, 2.45) is 5.73 Å². The van der Waals surface area contributed by atoms with Gasteiger partial charge in [-0.3, -0.25) is 4.79 Å². The van der Waals surface area contributed by atoms with Crippen molar-refractivity contribution in [3.63, 3.8) is 0 Å². The lowest BCUT2D eigenvalue weighted by molar-refractivity contribution is -0.119. The maximum Gasteiger partial charge on any atom is 0.133 e. The summed E-state index contributed by atoms with van der Waals surface area (Å²) >= 11 is 0. The highest BCUT2D eigenvalue weighted by Gasteiger charge is 2.04. The van der Waals surface area contributed by atoms with Crippen LogP contribution < -0.4 is 5.73 Å². The van der Waals surface area contributed by atoms with Crippen molar-refractivity contribution < 1.29 is 9.90 Å². The summed E-state index contributed by atoms with van der Waals surface area (Å²) in [6, 6.07) is 7.93. The van der Waals surface area contributed by atoms with E-state index < -0.39 is 0 Å². The van der Waals surface area contributed by atoms with Gasteiger partial charge in [0.25, 0.3) is 0 Å². The molecule has 3 nitrogen and oxygen atoms in total. The number of Topliss-reactive ketones (excluding diaryl/α,β-unsaturated/α-hetero) is 1. The molecule has 0 fully saturated rings. The Morgan fingerprint density at radius 3 is 2.39 bits per heavy atom. The van der Waals surface area contributed by atoms with Gasteiger partial charge in [0, 0.05) is 18.9 Å². The number of hydrogen-bond acceptors (Lipinski definition) is 3. The first-order valence-corrected chi connectivity index (χ1v) is 6.61. The third kappa shape index (κ3) is 5.43. The van der Waals surface area contributed by atoms with Gasteiger partial charge in [-0.25, -0.2) is 0 Å². The van der Waals surface area contributed by atoms with E-state index in [2.05, 4.69) is 0 Å². The summed E-state index contributed by atoms with van der Waals surface area (Å²) in [6.45, 7) is 2.03. The van der Waals surface area contributed by atoms with E-state index in [-0.39, 0.29) is 12.6 Å². The molecule has 0 aliphatic carbocycles. The van der Waals surface area contributed by atoms with Crippen molar-refractivity contribution in [2.75, 3.05) is 6.61 Å². The smallest absolute Gasteiger partial charge is 0.133 e. The van der Waals surface area contributed by atoms with E-state index in [1.165, 1.54) is 5.56 Å². The van der Waals surface area contributed by atoms with Crippen LogP contribution in [-0.4, -0.2) is 23.5 Å². The Morgan fingerprint density at radius 2 is 1.83 bits per heavy atom. The molecule has 3 heteroatoms. The van der Waals surface area contributed by atoms with Gasteiger partial charge in [-0.1, -0.05) is 31.2 Å². The second kappa shape index (κ2) is 8.01. The number of rotatable bonds is 8. The van der Waals surface area contributed by atoms with Crippen LogP contribution >= 0.6 is 0 Å². The zero-order valence-electron chi connectivity index (χ0n) is 11.1. The van der Waals surface area contributed by atoms with E-state index in [9.17, 15) is 4.79 Å². The van der Waals surface area contributed by atoms with Crippen LogP contribution in [0.2, 0.25) is 0 Å². The van der Waals surface area contributed by atoms with E-state index in [0.29, 0.717) is 25.0 Å². The van der Waals surface area contributed by atoms with Crippen LogP contribution in [0.1, 0.15) is 37.3 Å². The molecule has 1 aromatic carbocycles. The molecule has 0 amide bonds. The molecule has 1 unspecified atom stereocenters. The predicted octanol–water partition coefficient (Wildman–Crippen LogP) is 1.85. The summed E-state index contributed by atoms with van der Waals surface area (Å²) in [5, 5.41) is 8.88. The van der Waals surface area contributed by atoms with E-state index in [4.69, 9.17) is 10.8 Å². The minimum Gasteiger partial charge on any atom is -0.395 e. The number of carbonyl (C=O) groups excluding carboxylic acids is 1. The molecular formula is C15H23NO2. The van der Waals surface area contributed by atoms with Crippen molar-refractivity contribution >= 4 is 5.78 Å². The zero-order valence-corrected chi connectivity index (χ0v) is 11.1. The largest absolute Gasteiger partial charge is 0.395 e. The van der Waals surface area contributed by atoms with Gasteiger partial charge in [0.1, 0.15) is 5.78 Å². The predicted molar refractivity (Wildman–Crippen MR) is 73.4 cm³/mol. The van der Waals surface area contributed by atoms with Gasteiger partial charge < -0.3 is 10.8 Å². The number of hydrogen-bond donors (Lipinski definition) is 2. The Balaban J connectivity index is 2.42. The third-order valence-corrected chi connectivity index (χ3v) is 2.98. The lowest BCUT2D eigenvalue weighted by Gasteiger charge is -2.08. The summed E-state index contributed by atoms with van der Waals surface area (Å²) in [5.41, 5.74) is 7.99. The Hall–Kier alpha value is -1.19. The standard InChI is InChI=1S/C15H23NO2/c1-2-3-15(18)9-8-12-4-6-13(7-5-12)10-14(16)11-17/h4-7,14,17H,2-3,8-11,16H2,1H3. The van der Waals surface area contributed by atoms with Gasteiger partial charge in [0.2, 0.25) is 0 Å². The average molecular weight is 249 g/mol. The first-order chi connectivity index (χ1) is 8.65. The quantitative estimate of drug-likeness (QED) is 0.739. The molecule has 0 aromatic heterocycles. The number of nitrogens with two attached hydrogens (primary N) is 1. The first kappa shape index (κ1) is 14.9. The number of ketones is 1. The zero-order chi connectivity index (χ0) is 13.4. The first-order valence-electron chi connectivity index (χ1n) is 6.61. The van der Waals surface area contributed by atoms with Crippen LogP contribution in [0, 0.1) is 0 Å². The maximum atomic E-state index is 11.4. The van der Waals surface area contributed by atoms with Gasteiger partial charge in [0.15, 0.2) is 0 Å². The Bertz CT molecular complexity index is 359. The molecule has 1 rings (SSSR count). The second-order valence-corrected chi connectivity index (χ2v) is 4.75. The summed E-state index contributed by atoms with van der Waals surface area (Å²) in [5.74, 6) is 0.337. The number of aryl methyl sites for hydroxylation is 1. The number of carbonyl (C=O) groups is 1. The minimum atomic E-state index is -0.193. The van der Waals surface area contributed by atoms with Crippen LogP contribution in [0.4, 0.5) is 0 Å². The monoisotopic (exact) mass is 249 g/mol. The molecule has 0 saturated carbocycles. The van der Waals surface area contributed by atoms with Gasteiger partial charge in [0.05, 0.1) is 6.61 Å². The van der Waals surface area contributed by atoms with E-state index in [1.54, 1.807) is 0 Å². The van der Waals surface area contributed by atoms with Crippen molar-refractivity contribution in [2.45, 2.75) is 45.1 Å². The molecule has 100 valence electrons. The van der Waals surface area contributed by atoms with Crippen LogP contribution in [0.25, 0.3) is 0 Å². The SMILES string of the molecule is CCCC(=O)CCc1ccc(CC(N)CO)cc1. The summed E-state index contributed by atoms with van der Waals surface area (Å²) in [6.07, 6.45) is 3.74. The van der Waals surface area contributed by atoms with Crippen LogP contribution in [0.3, 0.4) is 0 Å². The number of aliphatic hydroxyl groups excluding tert-OH is 1. The van der Waals surface area contributed by atoms with E-state index in [0.717, 1.165) is 18.4 Å². The van der Waals surface area contributed by atoms with Crippen molar-refractivity contribution in [3.8, 4) is 0 Å². The number of aliphatic hydroxyl groups is 1. The molecule has 0 spiro atoms. The fourth-order valence-corrected chi connectivity index (χ4v) is 1.90. The Morgan fingerprint density at radius 1 is 1.22 bits per heavy atom. The summed E-state index contributed by atoms with van der Waals surface area (Å²) in [4.78, 5) is 11.4. The van der Waals surface area contributed by atoms with Gasteiger partial charge in [-0.15, -0.1) is 0 Å². The molecule has 0 radical (unpaired) electrons. The highest BCUT2D eigenvalue weighted by atomic mass is 16.3. The van der Waals surface area contributed by atoms with Crippen LogP contribution in [-0.2, 0) is 17.6 Å². The molecule has 0 heterocycles. The van der Waals surface area contributed by atoms with Gasteiger partial charge in [-0.05, 0) is 30.4 Å². The normalized spacial score (nSPS) is 12.4. The third-order valence-electron chi connectivity index (χ3n) is 2.98. The molecule has 3 N–H and O–H groups in total.